The van der Waals surface area contributed by atoms with E-state index >= 15 is 0 Å². The first kappa shape index (κ1) is 28.7. The van der Waals surface area contributed by atoms with Crippen LogP contribution < -0.4 is 4.90 Å². The van der Waals surface area contributed by atoms with E-state index in [-0.39, 0.29) is 5.41 Å². The molecule has 0 N–H and O–H groups in total. The minimum atomic E-state index is 0.226. The maximum atomic E-state index is 6.74. The number of benzene rings is 5. The highest BCUT2D eigenvalue weighted by Crippen LogP contribution is 2.41. The van der Waals surface area contributed by atoms with Crippen molar-refractivity contribution in [3.05, 3.63) is 151 Å². The van der Waals surface area contributed by atoms with Gasteiger partial charge in [0.25, 0.3) is 0 Å². The molecule has 4 heteroatoms. The Kier molecular flexibility index (Phi) is 7.06. The molecule has 228 valence electrons. The summed E-state index contributed by atoms with van der Waals surface area (Å²) >= 11 is 0. The van der Waals surface area contributed by atoms with Gasteiger partial charge in [0.2, 0.25) is 0 Å². The Bertz CT molecular complexity index is 2370. The van der Waals surface area contributed by atoms with Gasteiger partial charge in [-0.25, -0.2) is 0 Å². The average Bonchev–Trinajstić information content (AvgIpc) is 3.48. The number of para-hydroxylation sites is 1. The van der Waals surface area contributed by atoms with Gasteiger partial charge in [0, 0.05) is 56.7 Å². The standard InChI is InChI=1S/C43H35N3O/c1-43(2,3)28-29-18-20-36-30(25-29)19-21-37-38-22-24-45-40(42(38)47-41(36)37)32-12-10-16-35(27-32)46(33-13-5-4-6-14-33)34-15-9-11-31(26-34)39-17-7-8-23-44-39/h4-27H,28H2,1-3H3. The average molecular weight is 610 g/mol. The van der Waals surface area contributed by atoms with Gasteiger partial charge in [-0.1, -0.05) is 93.6 Å². The number of pyridine rings is 2. The van der Waals surface area contributed by atoms with Gasteiger partial charge >= 0.3 is 0 Å². The molecule has 0 spiro atoms. The molecule has 0 saturated heterocycles. The second-order valence-electron chi connectivity index (χ2n) is 13.4. The van der Waals surface area contributed by atoms with E-state index in [2.05, 4.69) is 140 Å². The van der Waals surface area contributed by atoms with E-state index in [1.165, 1.54) is 10.9 Å². The minimum Gasteiger partial charge on any atom is -0.453 e. The minimum absolute atomic E-state index is 0.226. The molecule has 0 saturated carbocycles. The predicted octanol–water partition coefficient (Wildman–Crippen LogP) is 11.9. The van der Waals surface area contributed by atoms with Crippen molar-refractivity contribution >= 4 is 49.8 Å². The van der Waals surface area contributed by atoms with Crippen molar-refractivity contribution in [1.82, 2.24) is 9.97 Å². The Morgan fingerprint density at radius 2 is 1.26 bits per heavy atom. The first-order valence-corrected chi connectivity index (χ1v) is 16.1. The zero-order valence-electron chi connectivity index (χ0n) is 26.8. The Morgan fingerprint density at radius 1 is 0.553 bits per heavy atom. The van der Waals surface area contributed by atoms with E-state index in [4.69, 9.17) is 9.40 Å². The molecule has 8 aromatic rings. The van der Waals surface area contributed by atoms with Gasteiger partial charge in [-0.2, -0.15) is 0 Å². The molecule has 8 rings (SSSR count). The fraction of sp³-hybridized carbons (Fsp3) is 0.116. The van der Waals surface area contributed by atoms with Crippen molar-refractivity contribution in [2.45, 2.75) is 27.2 Å². The highest BCUT2D eigenvalue weighted by atomic mass is 16.3. The monoisotopic (exact) mass is 609 g/mol. The molecule has 0 unspecified atom stereocenters. The van der Waals surface area contributed by atoms with E-state index in [0.29, 0.717) is 0 Å². The van der Waals surface area contributed by atoms with Crippen molar-refractivity contribution in [2.24, 2.45) is 5.41 Å². The van der Waals surface area contributed by atoms with Crippen LogP contribution in [0.1, 0.15) is 26.3 Å². The van der Waals surface area contributed by atoms with Crippen LogP contribution in [0.2, 0.25) is 0 Å². The summed E-state index contributed by atoms with van der Waals surface area (Å²) in [5.41, 5.74) is 10.2. The number of fused-ring (bicyclic) bond motifs is 5. The van der Waals surface area contributed by atoms with Gasteiger partial charge in [-0.15, -0.1) is 0 Å². The van der Waals surface area contributed by atoms with Crippen molar-refractivity contribution in [1.29, 1.82) is 0 Å². The van der Waals surface area contributed by atoms with Crippen molar-refractivity contribution in [3.8, 4) is 22.5 Å². The van der Waals surface area contributed by atoms with Crippen molar-refractivity contribution in [3.63, 3.8) is 0 Å². The first-order valence-electron chi connectivity index (χ1n) is 16.1. The third-order valence-electron chi connectivity index (χ3n) is 8.63. The van der Waals surface area contributed by atoms with Crippen LogP contribution in [0.25, 0.3) is 55.2 Å². The Labute approximate surface area is 275 Å². The first-order chi connectivity index (χ1) is 22.9. The van der Waals surface area contributed by atoms with Crippen molar-refractivity contribution in [2.75, 3.05) is 4.90 Å². The largest absolute Gasteiger partial charge is 0.453 e. The molecular weight excluding hydrogens is 574 g/mol. The molecule has 0 bridgehead atoms. The molecule has 5 aromatic carbocycles. The summed E-state index contributed by atoms with van der Waals surface area (Å²) < 4.78 is 6.74. The molecule has 3 aromatic heterocycles. The van der Waals surface area contributed by atoms with Crippen LogP contribution in [0.3, 0.4) is 0 Å². The summed E-state index contributed by atoms with van der Waals surface area (Å²) in [5, 5.41) is 4.49. The van der Waals surface area contributed by atoms with E-state index < -0.39 is 0 Å². The Balaban J connectivity index is 1.25. The topological polar surface area (TPSA) is 42.2 Å². The summed E-state index contributed by atoms with van der Waals surface area (Å²) in [6.45, 7) is 6.84. The lowest BCUT2D eigenvalue weighted by molar-refractivity contribution is 0.411. The Morgan fingerprint density at radius 3 is 2.02 bits per heavy atom. The number of nitrogens with zero attached hydrogens (tertiary/aromatic N) is 3. The molecule has 0 atom stereocenters. The van der Waals surface area contributed by atoms with Gasteiger partial charge in [-0.05, 0) is 83.4 Å². The molecule has 3 heterocycles. The lowest BCUT2D eigenvalue weighted by atomic mass is 9.87. The maximum absolute atomic E-state index is 6.74. The van der Waals surface area contributed by atoms with Gasteiger partial charge in [0.1, 0.15) is 11.3 Å². The second kappa shape index (κ2) is 11.6. The van der Waals surface area contributed by atoms with Gasteiger partial charge in [0.15, 0.2) is 5.58 Å². The third-order valence-corrected chi connectivity index (χ3v) is 8.63. The van der Waals surface area contributed by atoms with Gasteiger partial charge in [0.05, 0.1) is 5.69 Å². The van der Waals surface area contributed by atoms with Crippen LogP contribution in [0.4, 0.5) is 17.1 Å². The maximum Gasteiger partial charge on any atom is 0.161 e. The summed E-state index contributed by atoms with van der Waals surface area (Å²) in [5.74, 6) is 0. The molecule has 0 aliphatic heterocycles. The van der Waals surface area contributed by atoms with Crippen molar-refractivity contribution < 1.29 is 4.42 Å². The molecule has 0 fully saturated rings. The van der Waals surface area contributed by atoms with Gasteiger partial charge < -0.3 is 9.32 Å². The number of furan rings is 1. The van der Waals surface area contributed by atoms with E-state index in [0.717, 1.165) is 73.3 Å². The van der Waals surface area contributed by atoms with Crippen LogP contribution in [-0.4, -0.2) is 9.97 Å². The fourth-order valence-corrected chi connectivity index (χ4v) is 6.62. The van der Waals surface area contributed by atoms with E-state index in [1.807, 2.05) is 36.7 Å². The molecule has 0 aliphatic carbocycles. The van der Waals surface area contributed by atoms with E-state index in [9.17, 15) is 0 Å². The number of aromatic nitrogens is 2. The predicted molar refractivity (Wildman–Crippen MR) is 196 cm³/mol. The molecule has 0 radical (unpaired) electrons. The normalized spacial score (nSPS) is 11.8. The summed E-state index contributed by atoms with van der Waals surface area (Å²) in [6.07, 6.45) is 4.75. The molecule has 0 aliphatic rings. The number of hydrogen-bond donors (Lipinski definition) is 0. The third kappa shape index (κ3) is 5.53. The van der Waals surface area contributed by atoms with E-state index in [1.54, 1.807) is 0 Å². The molecule has 47 heavy (non-hydrogen) atoms. The van der Waals surface area contributed by atoms with Gasteiger partial charge in [-0.3, -0.25) is 9.97 Å². The number of hydrogen-bond acceptors (Lipinski definition) is 4. The summed E-state index contributed by atoms with van der Waals surface area (Å²) in [4.78, 5) is 11.8. The van der Waals surface area contributed by atoms with Crippen LogP contribution in [0.5, 0.6) is 0 Å². The summed E-state index contributed by atoms with van der Waals surface area (Å²) in [7, 11) is 0. The SMILES string of the molecule is CC(C)(C)Cc1ccc2c(ccc3c4ccnc(-c5cccc(N(c6ccccc6)c6cccc(-c7ccccn7)c6)c5)c4oc23)c1. The lowest BCUT2D eigenvalue weighted by Gasteiger charge is -2.26. The second-order valence-corrected chi connectivity index (χ2v) is 13.4. The van der Waals surface area contributed by atoms with Crippen LogP contribution in [0, 0.1) is 5.41 Å². The highest BCUT2D eigenvalue weighted by molar-refractivity contribution is 6.16. The number of rotatable bonds is 6. The quantitative estimate of drug-likeness (QED) is 0.188. The highest BCUT2D eigenvalue weighted by Gasteiger charge is 2.19. The van der Waals surface area contributed by atoms with Crippen LogP contribution in [-0.2, 0) is 6.42 Å². The molecular formula is C43H35N3O. The fourth-order valence-electron chi connectivity index (χ4n) is 6.62. The smallest absolute Gasteiger partial charge is 0.161 e. The molecule has 4 nitrogen and oxygen atoms in total. The Hall–Kier alpha value is -5.74. The lowest BCUT2D eigenvalue weighted by Crippen LogP contribution is -2.10. The zero-order chi connectivity index (χ0) is 32.0. The van der Waals surface area contributed by atoms with Crippen LogP contribution in [0.15, 0.2) is 150 Å². The summed E-state index contributed by atoms with van der Waals surface area (Å²) in [6, 6.07) is 46.8. The number of anilines is 3. The zero-order valence-corrected chi connectivity index (χ0v) is 26.8. The van der Waals surface area contributed by atoms with Crippen LogP contribution >= 0.6 is 0 Å². The molecule has 0 amide bonds.